The molecule has 3 aromatic carbocycles. The first-order valence-corrected chi connectivity index (χ1v) is 12.9. The number of hydrogen-bond acceptors (Lipinski definition) is 6. The van der Waals surface area contributed by atoms with Crippen LogP contribution in [0.25, 0.3) is 10.9 Å². The largest absolute Gasteiger partial charge is 0.508 e. The number of benzene rings is 3. The Morgan fingerprint density at radius 1 is 0.868 bits per heavy atom. The fourth-order valence-electron chi connectivity index (χ4n) is 4.21. The first-order chi connectivity index (χ1) is 18.4. The lowest BCUT2D eigenvalue weighted by Gasteiger charge is -2.24. The third kappa shape index (κ3) is 5.35. The zero-order valence-electron chi connectivity index (χ0n) is 20.6. The maximum absolute atomic E-state index is 13.4. The number of amides is 2. The molecule has 0 aliphatic rings. The predicted octanol–water partition coefficient (Wildman–Crippen LogP) is 5.83. The molecule has 2 heterocycles. The molecule has 190 valence electrons. The van der Waals surface area contributed by atoms with Crippen molar-refractivity contribution in [3.05, 3.63) is 118 Å². The number of aromatic hydroxyl groups is 2. The summed E-state index contributed by atoms with van der Waals surface area (Å²) < 4.78 is 0. The zero-order chi connectivity index (χ0) is 26.6. The van der Waals surface area contributed by atoms with E-state index in [9.17, 15) is 19.8 Å². The number of carbonyl (C=O) groups excluding carboxylic acids is 2. The summed E-state index contributed by atoms with van der Waals surface area (Å²) in [7, 11) is 1.73. The summed E-state index contributed by atoms with van der Waals surface area (Å²) in [5, 5.41) is 24.8. The van der Waals surface area contributed by atoms with E-state index >= 15 is 0 Å². The number of rotatable bonds is 7. The van der Waals surface area contributed by atoms with Gasteiger partial charge in [0.1, 0.15) is 11.5 Å². The highest BCUT2D eigenvalue weighted by Gasteiger charge is 2.22. The fraction of sp³-hybridized carbons (Fsp3) is 0.100. The first kappa shape index (κ1) is 25.0. The lowest BCUT2D eigenvalue weighted by Crippen LogP contribution is -2.30. The normalized spacial score (nSPS) is 10.9. The number of para-hydroxylation sites is 1. The van der Waals surface area contributed by atoms with Crippen LogP contribution in [0.1, 0.15) is 32.0 Å². The van der Waals surface area contributed by atoms with Crippen LogP contribution in [0.2, 0.25) is 0 Å². The lowest BCUT2D eigenvalue weighted by molar-refractivity contribution is 0.0783. The molecule has 0 unspecified atom stereocenters. The molecule has 0 aliphatic heterocycles. The summed E-state index contributed by atoms with van der Waals surface area (Å²) in [6, 6.07) is 24.4. The van der Waals surface area contributed by atoms with Crippen molar-refractivity contribution in [1.29, 1.82) is 0 Å². The second kappa shape index (κ2) is 10.7. The van der Waals surface area contributed by atoms with E-state index in [2.05, 4.69) is 4.98 Å². The number of thiophene rings is 1. The van der Waals surface area contributed by atoms with Crippen LogP contribution in [0.3, 0.4) is 0 Å². The quantitative estimate of drug-likeness (QED) is 0.280. The van der Waals surface area contributed by atoms with E-state index in [0.29, 0.717) is 17.8 Å². The van der Waals surface area contributed by atoms with Crippen molar-refractivity contribution in [2.24, 2.45) is 0 Å². The van der Waals surface area contributed by atoms with Gasteiger partial charge < -0.3 is 20.0 Å². The molecule has 0 bridgehead atoms. The molecule has 2 amide bonds. The summed E-state index contributed by atoms with van der Waals surface area (Å²) in [4.78, 5) is 34.4. The van der Waals surface area contributed by atoms with Crippen LogP contribution in [-0.4, -0.2) is 39.0 Å². The summed E-state index contributed by atoms with van der Waals surface area (Å²) in [6.45, 7) is 0.637. The van der Waals surface area contributed by atoms with Gasteiger partial charge in [-0.05, 0) is 70.9 Å². The van der Waals surface area contributed by atoms with Gasteiger partial charge in [0.2, 0.25) is 0 Å². The number of carbonyl (C=O) groups is 2. The molecule has 0 atom stereocenters. The molecule has 0 saturated carbocycles. The third-order valence-electron chi connectivity index (χ3n) is 6.21. The molecule has 7 nitrogen and oxygen atoms in total. The van der Waals surface area contributed by atoms with Crippen molar-refractivity contribution in [3.63, 3.8) is 0 Å². The van der Waals surface area contributed by atoms with E-state index in [-0.39, 0.29) is 29.5 Å². The molecular formula is C30H25N3O4S. The van der Waals surface area contributed by atoms with Crippen LogP contribution in [0.4, 0.5) is 5.69 Å². The average Bonchev–Trinajstić information content (AvgIpc) is 3.44. The Hall–Kier alpha value is -4.69. The van der Waals surface area contributed by atoms with E-state index in [1.807, 2.05) is 53.2 Å². The Morgan fingerprint density at radius 2 is 1.66 bits per heavy atom. The lowest BCUT2D eigenvalue weighted by atomic mass is 10.1. The number of anilines is 1. The Kier molecular flexibility index (Phi) is 7.06. The number of pyridine rings is 1. The Bertz CT molecular complexity index is 1600. The van der Waals surface area contributed by atoms with Gasteiger partial charge >= 0.3 is 0 Å². The molecule has 8 heteroatoms. The van der Waals surface area contributed by atoms with E-state index < -0.39 is 5.91 Å². The summed E-state index contributed by atoms with van der Waals surface area (Å²) in [5.74, 6) is -1.03. The van der Waals surface area contributed by atoms with Crippen LogP contribution in [0.15, 0.2) is 95.7 Å². The number of fused-ring (bicyclic) bond motifs is 1. The second-order valence-corrected chi connectivity index (χ2v) is 9.71. The molecule has 2 aromatic heterocycles. The minimum absolute atomic E-state index is 0.0702. The van der Waals surface area contributed by atoms with Gasteiger partial charge in [-0.1, -0.05) is 24.3 Å². The van der Waals surface area contributed by atoms with E-state index in [0.717, 1.165) is 28.2 Å². The molecule has 0 saturated heterocycles. The summed E-state index contributed by atoms with van der Waals surface area (Å²) in [6.07, 6.45) is 0. The molecule has 0 aliphatic carbocycles. The van der Waals surface area contributed by atoms with Crippen molar-refractivity contribution in [1.82, 2.24) is 9.88 Å². The number of hydrogen-bond donors (Lipinski definition) is 2. The van der Waals surface area contributed by atoms with E-state index in [1.165, 1.54) is 28.4 Å². The highest BCUT2D eigenvalue weighted by molar-refractivity contribution is 7.07. The number of aromatic nitrogens is 1. The van der Waals surface area contributed by atoms with Crippen molar-refractivity contribution in [2.75, 3.05) is 11.9 Å². The van der Waals surface area contributed by atoms with Gasteiger partial charge in [-0.3, -0.25) is 14.6 Å². The monoisotopic (exact) mass is 523 g/mol. The van der Waals surface area contributed by atoms with Crippen LogP contribution in [0, 0.1) is 0 Å². The standard InChI is InChI=1S/C30H25N3O4S/c1-32(18-23-9-6-21-4-2-3-5-27(21)31-23)29(36)22-7-10-24(11-8-22)33(17-20-14-15-38-19-20)30(37)26-13-12-25(34)16-28(26)35/h2-16,19,34-35H,17-18H2,1H3. The number of nitrogens with zero attached hydrogens (tertiary/aromatic N) is 3. The molecular weight excluding hydrogens is 498 g/mol. The average molecular weight is 524 g/mol. The highest BCUT2D eigenvalue weighted by atomic mass is 32.1. The van der Waals surface area contributed by atoms with Crippen molar-refractivity contribution >= 4 is 39.7 Å². The smallest absolute Gasteiger partial charge is 0.262 e. The van der Waals surface area contributed by atoms with Gasteiger partial charge in [-0.15, -0.1) is 0 Å². The van der Waals surface area contributed by atoms with Gasteiger partial charge in [0, 0.05) is 29.8 Å². The van der Waals surface area contributed by atoms with Gasteiger partial charge in [-0.25, -0.2) is 0 Å². The molecule has 0 radical (unpaired) electrons. The SMILES string of the molecule is CN(Cc1ccc2ccccc2n1)C(=O)c1ccc(N(Cc2ccsc2)C(=O)c2ccc(O)cc2O)cc1. The van der Waals surface area contributed by atoms with Crippen LogP contribution in [-0.2, 0) is 13.1 Å². The Balaban J connectivity index is 1.36. The number of phenolic OH excluding ortho intramolecular Hbond substituents is 2. The van der Waals surface area contributed by atoms with Gasteiger partial charge in [-0.2, -0.15) is 11.3 Å². The zero-order valence-corrected chi connectivity index (χ0v) is 21.4. The van der Waals surface area contributed by atoms with E-state index in [4.69, 9.17) is 0 Å². The molecule has 38 heavy (non-hydrogen) atoms. The molecule has 0 fully saturated rings. The van der Waals surface area contributed by atoms with E-state index in [1.54, 1.807) is 36.2 Å². The van der Waals surface area contributed by atoms with Crippen LogP contribution < -0.4 is 4.90 Å². The Morgan fingerprint density at radius 3 is 2.39 bits per heavy atom. The fourth-order valence-corrected chi connectivity index (χ4v) is 4.87. The van der Waals surface area contributed by atoms with Crippen LogP contribution >= 0.6 is 11.3 Å². The topological polar surface area (TPSA) is 94.0 Å². The maximum Gasteiger partial charge on any atom is 0.262 e. The third-order valence-corrected chi connectivity index (χ3v) is 6.94. The van der Waals surface area contributed by atoms with Crippen LogP contribution in [0.5, 0.6) is 11.5 Å². The summed E-state index contributed by atoms with van der Waals surface area (Å²) in [5.41, 5.74) is 3.73. The van der Waals surface area contributed by atoms with Crippen molar-refractivity contribution in [2.45, 2.75) is 13.1 Å². The second-order valence-electron chi connectivity index (χ2n) is 8.93. The molecule has 0 spiro atoms. The predicted molar refractivity (Wildman–Crippen MR) is 149 cm³/mol. The first-order valence-electron chi connectivity index (χ1n) is 11.9. The highest BCUT2D eigenvalue weighted by Crippen LogP contribution is 2.28. The maximum atomic E-state index is 13.4. The van der Waals surface area contributed by atoms with Gasteiger partial charge in [0.25, 0.3) is 11.8 Å². The molecule has 5 rings (SSSR count). The molecule has 2 N–H and O–H groups in total. The Labute approximate surface area is 223 Å². The minimum atomic E-state index is -0.424. The van der Waals surface area contributed by atoms with Crippen molar-refractivity contribution in [3.8, 4) is 11.5 Å². The minimum Gasteiger partial charge on any atom is -0.508 e. The van der Waals surface area contributed by atoms with Gasteiger partial charge in [0.05, 0.1) is 29.9 Å². The van der Waals surface area contributed by atoms with Crippen molar-refractivity contribution < 1.29 is 19.8 Å². The van der Waals surface area contributed by atoms with Gasteiger partial charge in [0.15, 0.2) is 0 Å². The number of phenols is 2. The summed E-state index contributed by atoms with van der Waals surface area (Å²) >= 11 is 1.52. The molecule has 5 aromatic rings.